The van der Waals surface area contributed by atoms with E-state index in [1.807, 2.05) is 0 Å². The number of hydrogen-bond acceptors (Lipinski definition) is 2. The number of nitrogens with zero attached hydrogens (tertiary/aromatic N) is 2. The van der Waals surface area contributed by atoms with E-state index < -0.39 is 0 Å². The molecule has 3 rings (SSSR count). The lowest BCUT2D eigenvalue weighted by molar-refractivity contribution is 0.221. The molecule has 0 N–H and O–H groups in total. The average molecular weight is 385 g/mol. The van der Waals surface area contributed by atoms with Crippen molar-refractivity contribution in [3.8, 4) is 5.75 Å². The molecule has 0 aliphatic carbocycles. The Balaban J connectivity index is 1.74. The van der Waals surface area contributed by atoms with Crippen LogP contribution in [0.15, 0.2) is 24.4 Å². The standard InChI is InChI=1S/C25H40N2O/c1-4-5-6-7-8-12-17-27-20-22(19-26-15-10-9-11-16-26)24-14-13-23(18-25(24)27)28-21(2)3/h13-14,18,20-21H,4-12,15-17,19H2,1-3H3. The number of hydrogen-bond donors (Lipinski definition) is 0. The zero-order chi connectivity index (χ0) is 19.8. The lowest BCUT2D eigenvalue weighted by Crippen LogP contribution is -2.28. The van der Waals surface area contributed by atoms with Crippen molar-refractivity contribution in [2.45, 2.75) is 97.8 Å². The second kappa shape index (κ2) is 10.9. The molecule has 1 aliphatic rings. The van der Waals surface area contributed by atoms with Gasteiger partial charge in [0.2, 0.25) is 0 Å². The van der Waals surface area contributed by atoms with Gasteiger partial charge in [-0.3, -0.25) is 4.90 Å². The van der Waals surface area contributed by atoms with Crippen LogP contribution in [0.25, 0.3) is 10.9 Å². The Morgan fingerprint density at radius 2 is 1.71 bits per heavy atom. The van der Waals surface area contributed by atoms with Crippen LogP contribution in [-0.2, 0) is 13.1 Å². The van der Waals surface area contributed by atoms with Crippen molar-refractivity contribution in [2.24, 2.45) is 0 Å². The summed E-state index contributed by atoms with van der Waals surface area (Å²) in [4.78, 5) is 2.63. The Morgan fingerprint density at radius 1 is 0.964 bits per heavy atom. The first-order valence-corrected chi connectivity index (χ1v) is 11.7. The number of ether oxygens (including phenoxy) is 1. The first-order valence-electron chi connectivity index (χ1n) is 11.7. The van der Waals surface area contributed by atoms with Crippen molar-refractivity contribution in [1.29, 1.82) is 0 Å². The number of aromatic nitrogens is 1. The van der Waals surface area contributed by atoms with E-state index in [1.165, 1.54) is 87.3 Å². The molecule has 28 heavy (non-hydrogen) atoms. The van der Waals surface area contributed by atoms with Gasteiger partial charge in [0.1, 0.15) is 5.75 Å². The van der Waals surface area contributed by atoms with Crippen LogP contribution in [0.3, 0.4) is 0 Å². The molecule has 0 atom stereocenters. The molecular weight excluding hydrogens is 344 g/mol. The minimum Gasteiger partial charge on any atom is -0.491 e. The van der Waals surface area contributed by atoms with Crippen LogP contribution < -0.4 is 4.74 Å². The highest BCUT2D eigenvalue weighted by Crippen LogP contribution is 2.28. The minimum atomic E-state index is 0.215. The Labute approximate surface area is 172 Å². The number of aryl methyl sites for hydroxylation is 1. The summed E-state index contributed by atoms with van der Waals surface area (Å²) in [5, 5.41) is 1.41. The van der Waals surface area contributed by atoms with Crippen molar-refractivity contribution in [3.63, 3.8) is 0 Å². The highest BCUT2D eigenvalue weighted by Gasteiger charge is 2.15. The Kier molecular flexibility index (Phi) is 8.27. The Morgan fingerprint density at radius 3 is 2.46 bits per heavy atom. The van der Waals surface area contributed by atoms with E-state index in [-0.39, 0.29) is 6.10 Å². The van der Waals surface area contributed by atoms with E-state index in [2.05, 4.69) is 54.6 Å². The summed E-state index contributed by atoms with van der Waals surface area (Å²) < 4.78 is 8.47. The maximum absolute atomic E-state index is 5.98. The lowest BCUT2D eigenvalue weighted by atomic mass is 10.1. The number of rotatable bonds is 11. The molecule has 2 aromatic rings. The molecule has 0 bridgehead atoms. The number of likely N-dealkylation sites (tertiary alicyclic amines) is 1. The first-order chi connectivity index (χ1) is 13.7. The molecule has 0 saturated carbocycles. The summed E-state index contributed by atoms with van der Waals surface area (Å²) in [5.41, 5.74) is 2.83. The van der Waals surface area contributed by atoms with E-state index in [1.54, 1.807) is 0 Å². The maximum Gasteiger partial charge on any atom is 0.121 e. The number of unbranched alkanes of at least 4 members (excludes halogenated alkanes) is 5. The summed E-state index contributed by atoms with van der Waals surface area (Å²) in [6.45, 7) is 11.2. The molecule has 2 heterocycles. The van der Waals surface area contributed by atoms with Crippen molar-refractivity contribution in [1.82, 2.24) is 9.47 Å². The molecule has 0 spiro atoms. The molecule has 0 radical (unpaired) electrons. The van der Waals surface area contributed by atoms with Crippen LogP contribution in [0.1, 0.15) is 84.1 Å². The molecule has 1 fully saturated rings. The highest BCUT2D eigenvalue weighted by molar-refractivity contribution is 5.85. The minimum absolute atomic E-state index is 0.215. The molecular formula is C25H40N2O. The molecule has 1 aliphatic heterocycles. The summed E-state index contributed by atoms with van der Waals surface area (Å²) in [5.74, 6) is 0.995. The van der Waals surface area contributed by atoms with Crippen molar-refractivity contribution < 1.29 is 4.74 Å². The molecule has 1 aromatic carbocycles. The monoisotopic (exact) mass is 384 g/mol. The van der Waals surface area contributed by atoms with Gasteiger partial charge in [-0.05, 0) is 63.9 Å². The summed E-state index contributed by atoms with van der Waals surface area (Å²) >= 11 is 0. The maximum atomic E-state index is 5.98. The lowest BCUT2D eigenvalue weighted by Gasteiger charge is -2.26. The molecule has 156 valence electrons. The largest absolute Gasteiger partial charge is 0.491 e. The number of fused-ring (bicyclic) bond motifs is 1. The van der Waals surface area contributed by atoms with E-state index in [4.69, 9.17) is 4.74 Å². The summed E-state index contributed by atoms with van der Waals surface area (Å²) in [7, 11) is 0. The molecule has 0 amide bonds. The predicted molar refractivity (Wildman–Crippen MR) is 120 cm³/mol. The van der Waals surface area contributed by atoms with Crippen LogP contribution >= 0.6 is 0 Å². The van der Waals surface area contributed by atoms with Gasteiger partial charge in [0, 0.05) is 30.7 Å². The highest BCUT2D eigenvalue weighted by atomic mass is 16.5. The van der Waals surface area contributed by atoms with Gasteiger partial charge in [-0.2, -0.15) is 0 Å². The molecule has 3 heteroatoms. The molecule has 0 unspecified atom stereocenters. The Hall–Kier alpha value is -1.48. The predicted octanol–water partition coefficient (Wildman–Crippen LogP) is 6.77. The molecule has 1 saturated heterocycles. The van der Waals surface area contributed by atoms with Crippen LogP contribution in [-0.4, -0.2) is 28.7 Å². The quantitative estimate of drug-likeness (QED) is 0.397. The summed E-state index contributed by atoms with van der Waals surface area (Å²) in [6, 6.07) is 6.69. The summed E-state index contributed by atoms with van der Waals surface area (Å²) in [6.07, 6.45) is 14.8. The number of benzene rings is 1. The van der Waals surface area contributed by atoms with Gasteiger partial charge in [0.15, 0.2) is 0 Å². The smallest absolute Gasteiger partial charge is 0.121 e. The normalized spacial score (nSPS) is 15.6. The second-order valence-electron chi connectivity index (χ2n) is 8.80. The fourth-order valence-corrected chi connectivity index (χ4v) is 4.43. The van der Waals surface area contributed by atoms with Gasteiger partial charge in [-0.1, -0.05) is 45.4 Å². The van der Waals surface area contributed by atoms with Crippen LogP contribution in [0.5, 0.6) is 5.75 Å². The van der Waals surface area contributed by atoms with Crippen molar-refractivity contribution >= 4 is 10.9 Å². The van der Waals surface area contributed by atoms with Gasteiger partial charge in [-0.15, -0.1) is 0 Å². The van der Waals surface area contributed by atoms with Gasteiger partial charge in [0.05, 0.1) is 11.6 Å². The zero-order valence-corrected chi connectivity index (χ0v) is 18.4. The van der Waals surface area contributed by atoms with Crippen LogP contribution in [0, 0.1) is 0 Å². The third-order valence-corrected chi connectivity index (χ3v) is 5.90. The zero-order valence-electron chi connectivity index (χ0n) is 18.4. The fraction of sp³-hybridized carbons (Fsp3) is 0.680. The first kappa shape index (κ1) is 21.2. The Bertz CT molecular complexity index is 713. The van der Waals surface area contributed by atoms with Gasteiger partial charge >= 0.3 is 0 Å². The van der Waals surface area contributed by atoms with E-state index >= 15 is 0 Å². The average Bonchev–Trinajstić information content (AvgIpc) is 3.02. The van der Waals surface area contributed by atoms with Gasteiger partial charge in [0.25, 0.3) is 0 Å². The number of piperidine rings is 1. The third kappa shape index (κ3) is 6.01. The van der Waals surface area contributed by atoms with Crippen molar-refractivity contribution in [2.75, 3.05) is 13.1 Å². The van der Waals surface area contributed by atoms with Gasteiger partial charge in [-0.25, -0.2) is 0 Å². The van der Waals surface area contributed by atoms with Gasteiger partial charge < -0.3 is 9.30 Å². The van der Waals surface area contributed by atoms with Crippen molar-refractivity contribution in [3.05, 3.63) is 30.0 Å². The fourth-order valence-electron chi connectivity index (χ4n) is 4.43. The molecule has 1 aromatic heterocycles. The van der Waals surface area contributed by atoms with E-state index in [0.717, 1.165) is 18.8 Å². The van der Waals surface area contributed by atoms with E-state index in [0.29, 0.717) is 0 Å². The molecule has 3 nitrogen and oxygen atoms in total. The SMILES string of the molecule is CCCCCCCCn1cc(CN2CCCCC2)c2ccc(OC(C)C)cc21. The van der Waals surface area contributed by atoms with Crippen LogP contribution in [0.2, 0.25) is 0 Å². The topological polar surface area (TPSA) is 17.4 Å². The second-order valence-corrected chi connectivity index (χ2v) is 8.80. The van der Waals surface area contributed by atoms with E-state index in [9.17, 15) is 0 Å². The van der Waals surface area contributed by atoms with Crippen LogP contribution in [0.4, 0.5) is 0 Å². The third-order valence-electron chi connectivity index (χ3n) is 5.90.